The second kappa shape index (κ2) is 9.80. The highest BCUT2D eigenvalue weighted by molar-refractivity contribution is 5.78. The lowest BCUT2D eigenvalue weighted by Gasteiger charge is -2.35. The third-order valence-electron chi connectivity index (χ3n) is 5.15. The van der Waals surface area contributed by atoms with Crippen LogP contribution >= 0.6 is 0 Å². The van der Waals surface area contributed by atoms with Gasteiger partial charge in [0.2, 0.25) is 5.91 Å². The van der Waals surface area contributed by atoms with E-state index in [1.54, 1.807) is 7.11 Å². The molecule has 0 atom stereocenters. The van der Waals surface area contributed by atoms with Crippen molar-refractivity contribution >= 4 is 5.91 Å². The number of amides is 1. The van der Waals surface area contributed by atoms with Gasteiger partial charge in [-0.3, -0.25) is 9.69 Å². The topological polar surface area (TPSA) is 32.8 Å². The van der Waals surface area contributed by atoms with Crippen molar-refractivity contribution < 1.29 is 9.53 Å². The van der Waals surface area contributed by atoms with Gasteiger partial charge in [-0.2, -0.15) is 0 Å². The number of hydrogen-bond acceptors (Lipinski definition) is 3. The highest BCUT2D eigenvalue weighted by Crippen LogP contribution is 2.26. The Hall–Kier alpha value is -1.39. The van der Waals surface area contributed by atoms with E-state index < -0.39 is 0 Å². The van der Waals surface area contributed by atoms with Gasteiger partial charge in [0.25, 0.3) is 0 Å². The fourth-order valence-electron chi connectivity index (χ4n) is 3.41. The van der Waals surface area contributed by atoms with E-state index in [2.05, 4.69) is 24.0 Å². The van der Waals surface area contributed by atoms with E-state index in [4.69, 9.17) is 4.74 Å². The number of carbonyl (C=O) groups excluding carboxylic acids is 1. The summed E-state index contributed by atoms with van der Waals surface area (Å²) in [6.07, 6.45) is 4.75. The summed E-state index contributed by atoms with van der Waals surface area (Å²) in [6, 6.07) is 10.7. The quantitative estimate of drug-likeness (QED) is 0.733. The molecule has 1 aromatic carbocycles. The van der Waals surface area contributed by atoms with E-state index in [0.717, 1.165) is 31.8 Å². The molecule has 4 heteroatoms. The SMILES string of the molecule is COCCN(CC(=O)N(C)C1CCC(C)CC1)Cc1ccccc1. The third kappa shape index (κ3) is 5.91. The van der Waals surface area contributed by atoms with Crippen molar-refractivity contribution in [2.24, 2.45) is 5.92 Å². The van der Waals surface area contributed by atoms with E-state index in [9.17, 15) is 4.79 Å². The Morgan fingerprint density at radius 3 is 2.46 bits per heavy atom. The number of likely N-dealkylation sites (N-methyl/N-ethyl adjacent to an activating group) is 1. The Labute approximate surface area is 146 Å². The summed E-state index contributed by atoms with van der Waals surface area (Å²) in [5, 5.41) is 0. The molecule has 1 fully saturated rings. The maximum Gasteiger partial charge on any atom is 0.236 e. The summed E-state index contributed by atoms with van der Waals surface area (Å²) >= 11 is 0. The maximum absolute atomic E-state index is 12.7. The molecule has 0 aliphatic heterocycles. The summed E-state index contributed by atoms with van der Waals surface area (Å²) in [4.78, 5) is 16.9. The molecule has 1 aliphatic rings. The van der Waals surface area contributed by atoms with Crippen molar-refractivity contribution in [2.75, 3.05) is 33.9 Å². The Morgan fingerprint density at radius 2 is 1.83 bits per heavy atom. The fraction of sp³-hybridized carbons (Fsp3) is 0.650. The molecule has 0 saturated heterocycles. The number of ether oxygens (including phenoxy) is 1. The minimum absolute atomic E-state index is 0.224. The molecule has 0 aromatic heterocycles. The zero-order valence-corrected chi connectivity index (χ0v) is 15.4. The molecule has 1 aromatic rings. The summed E-state index contributed by atoms with van der Waals surface area (Å²) in [6.45, 7) is 4.97. The third-order valence-corrected chi connectivity index (χ3v) is 5.15. The molecule has 2 rings (SSSR count). The summed E-state index contributed by atoms with van der Waals surface area (Å²) in [5.74, 6) is 1.03. The lowest BCUT2D eigenvalue weighted by Crippen LogP contribution is -2.45. The predicted octanol–water partition coefficient (Wildman–Crippen LogP) is 3.17. The molecule has 134 valence electrons. The van der Waals surface area contributed by atoms with Crippen LogP contribution in [0.4, 0.5) is 0 Å². The number of carbonyl (C=O) groups is 1. The van der Waals surface area contributed by atoms with Crippen molar-refractivity contribution in [3.8, 4) is 0 Å². The number of benzene rings is 1. The van der Waals surface area contributed by atoms with Crippen molar-refractivity contribution in [1.29, 1.82) is 0 Å². The van der Waals surface area contributed by atoms with Crippen LogP contribution in [0.15, 0.2) is 30.3 Å². The van der Waals surface area contributed by atoms with Crippen molar-refractivity contribution in [1.82, 2.24) is 9.80 Å². The van der Waals surface area contributed by atoms with Crippen molar-refractivity contribution in [2.45, 2.75) is 45.2 Å². The first-order valence-corrected chi connectivity index (χ1v) is 9.11. The van der Waals surface area contributed by atoms with Crippen LogP contribution in [0.5, 0.6) is 0 Å². The average molecular weight is 332 g/mol. The van der Waals surface area contributed by atoms with E-state index in [0.29, 0.717) is 19.2 Å². The molecule has 1 saturated carbocycles. The monoisotopic (exact) mass is 332 g/mol. The van der Waals surface area contributed by atoms with Crippen molar-refractivity contribution in [3.63, 3.8) is 0 Å². The van der Waals surface area contributed by atoms with Crippen LogP contribution in [0.2, 0.25) is 0 Å². The first-order chi connectivity index (χ1) is 11.6. The minimum atomic E-state index is 0.224. The molecule has 0 spiro atoms. The van der Waals surface area contributed by atoms with E-state index in [-0.39, 0.29) is 5.91 Å². The van der Waals surface area contributed by atoms with Gasteiger partial charge in [-0.1, -0.05) is 37.3 Å². The fourth-order valence-corrected chi connectivity index (χ4v) is 3.41. The lowest BCUT2D eigenvalue weighted by atomic mass is 9.87. The van der Waals surface area contributed by atoms with Gasteiger partial charge < -0.3 is 9.64 Å². The Morgan fingerprint density at radius 1 is 1.17 bits per heavy atom. The van der Waals surface area contributed by atoms with Crippen molar-refractivity contribution in [3.05, 3.63) is 35.9 Å². The van der Waals surface area contributed by atoms with Gasteiger partial charge in [-0.25, -0.2) is 0 Å². The van der Waals surface area contributed by atoms with Crippen LogP contribution < -0.4 is 0 Å². The van der Waals surface area contributed by atoms with Gasteiger partial charge in [0, 0.05) is 33.3 Å². The van der Waals surface area contributed by atoms with E-state index in [1.165, 1.54) is 18.4 Å². The summed E-state index contributed by atoms with van der Waals surface area (Å²) in [7, 11) is 3.68. The molecular formula is C20H32N2O2. The highest BCUT2D eigenvalue weighted by atomic mass is 16.5. The van der Waals surface area contributed by atoms with Gasteiger partial charge in [0.05, 0.1) is 13.2 Å². The Kier molecular flexibility index (Phi) is 7.73. The van der Waals surface area contributed by atoms with Gasteiger partial charge >= 0.3 is 0 Å². The normalized spacial score (nSPS) is 21.0. The number of methoxy groups -OCH3 is 1. The van der Waals surface area contributed by atoms with Crippen LogP contribution in [0, 0.1) is 5.92 Å². The molecule has 0 radical (unpaired) electrons. The lowest BCUT2D eigenvalue weighted by molar-refractivity contribution is -0.134. The van der Waals surface area contributed by atoms with Crippen LogP contribution in [0.3, 0.4) is 0 Å². The zero-order valence-electron chi connectivity index (χ0n) is 15.4. The molecule has 0 heterocycles. The Bertz CT molecular complexity index is 484. The molecule has 24 heavy (non-hydrogen) atoms. The van der Waals surface area contributed by atoms with Crippen LogP contribution in [0.25, 0.3) is 0 Å². The number of hydrogen-bond donors (Lipinski definition) is 0. The van der Waals surface area contributed by atoms with E-state index in [1.807, 2.05) is 30.1 Å². The molecule has 0 N–H and O–H groups in total. The molecule has 1 aliphatic carbocycles. The van der Waals surface area contributed by atoms with Crippen LogP contribution in [-0.4, -0.2) is 55.6 Å². The summed E-state index contributed by atoms with van der Waals surface area (Å²) in [5.41, 5.74) is 1.23. The molecule has 0 bridgehead atoms. The Balaban J connectivity index is 1.90. The maximum atomic E-state index is 12.7. The minimum Gasteiger partial charge on any atom is -0.383 e. The van der Waals surface area contributed by atoms with Gasteiger partial charge in [0.15, 0.2) is 0 Å². The van der Waals surface area contributed by atoms with Crippen LogP contribution in [0.1, 0.15) is 38.2 Å². The van der Waals surface area contributed by atoms with Gasteiger partial charge in [-0.15, -0.1) is 0 Å². The first-order valence-electron chi connectivity index (χ1n) is 9.11. The molecule has 4 nitrogen and oxygen atoms in total. The largest absolute Gasteiger partial charge is 0.383 e. The first kappa shape index (κ1) is 18.9. The predicted molar refractivity (Wildman–Crippen MR) is 97.8 cm³/mol. The smallest absolute Gasteiger partial charge is 0.236 e. The summed E-state index contributed by atoms with van der Waals surface area (Å²) < 4.78 is 5.21. The average Bonchev–Trinajstić information content (AvgIpc) is 2.60. The van der Waals surface area contributed by atoms with E-state index >= 15 is 0 Å². The second-order valence-electron chi connectivity index (χ2n) is 7.11. The number of rotatable bonds is 8. The zero-order chi connectivity index (χ0) is 17.4. The second-order valence-corrected chi connectivity index (χ2v) is 7.11. The van der Waals surface area contributed by atoms with Crippen LogP contribution in [-0.2, 0) is 16.1 Å². The standard InChI is InChI=1S/C20H32N2O2/c1-17-9-11-19(12-10-17)21(2)20(23)16-22(13-14-24-3)15-18-7-5-4-6-8-18/h4-8,17,19H,9-16H2,1-3H3. The molecule has 1 amide bonds. The molecule has 0 unspecified atom stereocenters. The highest BCUT2D eigenvalue weighted by Gasteiger charge is 2.25. The van der Waals surface area contributed by atoms with Gasteiger partial charge in [0.1, 0.15) is 0 Å². The number of nitrogens with zero attached hydrogens (tertiary/aromatic N) is 2. The molecular weight excluding hydrogens is 300 g/mol. The van der Waals surface area contributed by atoms with Gasteiger partial charge in [-0.05, 0) is 37.2 Å².